The average Bonchev–Trinajstić information content (AvgIpc) is 2.82. The van der Waals surface area contributed by atoms with Crippen LogP contribution in [0.15, 0.2) is 12.4 Å². The van der Waals surface area contributed by atoms with E-state index in [9.17, 15) is 0 Å². The molecule has 5 nitrogen and oxygen atoms in total. The van der Waals surface area contributed by atoms with Gasteiger partial charge in [-0.3, -0.25) is 0 Å². The van der Waals surface area contributed by atoms with Crippen molar-refractivity contribution < 1.29 is 9.47 Å². The lowest BCUT2D eigenvalue weighted by Gasteiger charge is -2.23. The van der Waals surface area contributed by atoms with Crippen LogP contribution in [-0.2, 0) is 16.0 Å². The summed E-state index contributed by atoms with van der Waals surface area (Å²) in [5, 5.41) is 3.34. The third-order valence-corrected chi connectivity index (χ3v) is 3.01. The number of methoxy groups -OCH3 is 1. The summed E-state index contributed by atoms with van der Waals surface area (Å²) in [6.45, 7) is 3.25. The van der Waals surface area contributed by atoms with Gasteiger partial charge in [0.05, 0.1) is 12.7 Å². The SMILES string of the molecule is COCCn1ccnc1NCC1CCCCO1. The molecule has 2 rings (SSSR count). The first-order valence-corrected chi connectivity index (χ1v) is 6.25. The summed E-state index contributed by atoms with van der Waals surface area (Å²) in [4.78, 5) is 4.29. The van der Waals surface area contributed by atoms with Gasteiger partial charge in [-0.15, -0.1) is 0 Å². The molecule has 1 unspecified atom stereocenters. The van der Waals surface area contributed by atoms with Crippen LogP contribution in [-0.4, -0.2) is 42.5 Å². The fourth-order valence-electron chi connectivity index (χ4n) is 2.02. The third kappa shape index (κ3) is 3.71. The number of aromatic nitrogens is 2. The van der Waals surface area contributed by atoms with Crippen molar-refractivity contribution >= 4 is 5.95 Å². The number of anilines is 1. The van der Waals surface area contributed by atoms with Crippen LogP contribution in [0.1, 0.15) is 19.3 Å². The molecule has 1 aliphatic heterocycles. The largest absolute Gasteiger partial charge is 0.383 e. The topological polar surface area (TPSA) is 48.3 Å². The molecule has 0 amide bonds. The molecule has 0 saturated carbocycles. The van der Waals surface area contributed by atoms with Crippen molar-refractivity contribution in [1.29, 1.82) is 0 Å². The van der Waals surface area contributed by atoms with Gasteiger partial charge in [-0.05, 0) is 19.3 Å². The zero-order valence-electron chi connectivity index (χ0n) is 10.4. The molecule has 1 fully saturated rings. The van der Waals surface area contributed by atoms with Gasteiger partial charge >= 0.3 is 0 Å². The first-order valence-electron chi connectivity index (χ1n) is 6.25. The molecule has 5 heteroatoms. The Morgan fingerprint density at radius 2 is 2.53 bits per heavy atom. The third-order valence-electron chi connectivity index (χ3n) is 3.01. The van der Waals surface area contributed by atoms with E-state index < -0.39 is 0 Å². The highest BCUT2D eigenvalue weighted by Gasteiger charge is 2.14. The van der Waals surface area contributed by atoms with Crippen molar-refractivity contribution in [3.63, 3.8) is 0 Å². The molecule has 96 valence electrons. The van der Waals surface area contributed by atoms with E-state index in [1.165, 1.54) is 12.8 Å². The molecule has 1 N–H and O–H groups in total. The number of hydrogen-bond acceptors (Lipinski definition) is 4. The normalized spacial score (nSPS) is 20.4. The molecule has 17 heavy (non-hydrogen) atoms. The van der Waals surface area contributed by atoms with Gasteiger partial charge in [-0.25, -0.2) is 4.98 Å². The van der Waals surface area contributed by atoms with Gasteiger partial charge in [0, 0.05) is 39.2 Å². The van der Waals surface area contributed by atoms with Crippen molar-refractivity contribution in [2.75, 3.05) is 32.2 Å². The smallest absolute Gasteiger partial charge is 0.202 e. The molecule has 2 heterocycles. The van der Waals surface area contributed by atoms with Gasteiger partial charge in [-0.1, -0.05) is 0 Å². The summed E-state index contributed by atoms with van der Waals surface area (Å²) in [6, 6.07) is 0. The van der Waals surface area contributed by atoms with Crippen LogP contribution in [0.2, 0.25) is 0 Å². The molecule has 0 aromatic carbocycles. The van der Waals surface area contributed by atoms with E-state index in [-0.39, 0.29) is 0 Å². The predicted octanol–water partition coefficient (Wildman–Crippen LogP) is 1.51. The summed E-state index contributed by atoms with van der Waals surface area (Å²) in [5.41, 5.74) is 0. The summed E-state index contributed by atoms with van der Waals surface area (Å²) < 4.78 is 12.8. The zero-order valence-corrected chi connectivity index (χ0v) is 10.4. The van der Waals surface area contributed by atoms with Crippen LogP contribution in [0.25, 0.3) is 0 Å². The van der Waals surface area contributed by atoms with Crippen LogP contribution < -0.4 is 5.32 Å². The Bertz CT molecular complexity index is 321. The van der Waals surface area contributed by atoms with Gasteiger partial charge in [0.25, 0.3) is 0 Å². The van der Waals surface area contributed by atoms with Crippen LogP contribution in [0.4, 0.5) is 5.95 Å². The lowest BCUT2D eigenvalue weighted by Crippen LogP contribution is -2.28. The first kappa shape index (κ1) is 12.4. The maximum absolute atomic E-state index is 5.67. The lowest BCUT2D eigenvalue weighted by molar-refractivity contribution is 0.0246. The van der Waals surface area contributed by atoms with Crippen molar-refractivity contribution in [1.82, 2.24) is 9.55 Å². The molecular formula is C12H21N3O2. The van der Waals surface area contributed by atoms with E-state index >= 15 is 0 Å². The predicted molar refractivity (Wildman–Crippen MR) is 66.2 cm³/mol. The molecule has 0 radical (unpaired) electrons. The number of hydrogen-bond donors (Lipinski definition) is 1. The summed E-state index contributed by atoms with van der Waals surface area (Å²) in [6.07, 6.45) is 7.70. The van der Waals surface area contributed by atoms with Gasteiger partial charge in [0.2, 0.25) is 5.95 Å². The highest BCUT2D eigenvalue weighted by atomic mass is 16.5. The molecule has 1 saturated heterocycles. The van der Waals surface area contributed by atoms with Crippen LogP contribution in [0.5, 0.6) is 0 Å². The second-order valence-corrected chi connectivity index (χ2v) is 4.31. The molecular weight excluding hydrogens is 218 g/mol. The molecule has 0 spiro atoms. The molecule has 1 aromatic rings. The van der Waals surface area contributed by atoms with Gasteiger partial charge < -0.3 is 19.4 Å². The summed E-state index contributed by atoms with van der Waals surface area (Å²) in [7, 11) is 1.71. The van der Waals surface area contributed by atoms with E-state index in [2.05, 4.69) is 14.9 Å². The van der Waals surface area contributed by atoms with E-state index in [0.29, 0.717) is 12.7 Å². The number of imidazole rings is 1. The number of nitrogens with one attached hydrogen (secondary N) is 1. The van der Waals surface area contributed by atoms with Gasteiger partial charge in [0.1, 0.15) is 0 Å². The van der Waals surface area contributed by atoms with Gasteiger partial charge in [-0.2, -0.15) is 0 Å². The Labute approximate surface area is 102 Å². The highest BCUT2D eigenvalue weighted by Crippen LogP contribution is 2.13. The monoisotopic (exact) mass is 239 g/mol. The van der Waals surface area contributed by atoms with Crippen molar-refractivity contribution in [2.24, 2.45) is 0 Å². The van der Waals surface area contributed by atoms with Crippen LogP contribution in [0, 0.1) is 0 Å². The molecule has 0 aliphatic carbocycles. The minimum Gasteiger partial charge on any atom is -0.383 e. The Kier molecular flexibility index (Phi) is 4.82. The maximum Gasteiger partial charge on any atom is 0.202 e. The summed E-state index contributed by atoms with van der Waals surface area (Å²) in [5.74, 6) is 0.899. The second-order valence-electron chi connectivity index (χ2n) is 4.31. The van der Waals surface area contributed by atoms with E-state index in [4.69, 9.17) is 9.47 Å². The van der Waals surface area contributed by atoms with Gasteiger partial charge in [0.15, 0.2) is 0 Å². The fraction of sp³-hybridized carbons (Fsp3) is 0.750. The van der Waals surface area contributed by atoms with Crippen LogP contribution >= 0.6 is 0 Å². The van der Waals surface area contributed by atoms with E-state index in [1.807, 2.05) is 6.20 Å². The van der Waals surface area contributed by atoms with E-state index in [1.54, 1.807) is 13.3 Å². The Balaban J connectivity index is 1.79. The molecule has 0 bridgehead atoms. The number of nitrogens with zero attached hydrogens (tertiary/aromatic N) is 2. The van der Waals surface area contributed by atoms with Crippen molar-refractivity contribution in [3.05, 3.63) is 12.4 Å². The molecule has 1 aliphatic rings. The standard InChI is InChI=1S/C12H21N3O2/c1-16-9-7-15-6-5-13-12(15)14-10-11-4-2-3-8-17-11/h5-6,11H,2-4,7-10H2,1H3,(H,13,14). The minimum atomic E-state index is 0.330. The number of ether oxygens (including phenoxy) is 2. The van der Waals surface area contributed by atoms with E-state index in [0.717, 1.165) is 32.1 Å². The first-order chi connectivity index (χ1) is 8.40. The molecule has 1 aromatic heterocycles. The Morgan fingerprint density at radius 1 is 1.59 bits per heavy atom. The Morgan fingerprint density at radius 3 is 3.29 bits per heavy atom. The van der Waals surface area contributed by atoms with Crippen molar-refractivity contribution in [2.45, 2.75) is 31.9 Å². The Hall–Kier alpha value is -1.07. The molecule has 1 atom stereocenters. The highest BCUT2D eigenvalue weighted by molar-refractivity contribution is 5.25. The quantitative estimate of drug-likeness (QED) is 0.817. The average molecular weight is 239 g/mol. The maximum atomic E-state index is 5.67. The number of rotatable bonds is 6. The lowest BCUT2D eigenvalue weighted by atomic mass is 10.1. The fourth-order valence-corrected chi connectivity index (χ4v) is 2.02. The van der Waals surface area contributed by atoms with Crippen LogP contribution in [0.3, 0.4) is 0 Å². The summed E-state index contributed by atoms with van der Waals surface area (Å²) >= 11 is 0. The minimum absolute atomic E-state index is 0.330. The zero-order chi connectivity index (χ0) is 11.9. The van der Waals surface area contributed by atoms with Crippen molar-refractivity contribution in [3.8, 4) is 0 Å². The second kappa shape index (κ2) is 6.61.